The Morgan fingerprint density at radius 1 is 1.28 bits per heavy atom. The van der Waals surface area contributed by atoms with Gasteiger partial charge in [0.1, 0.15) is 5.75 Å². The van der Waals surface area contributed by atoms with E-state index in [-0.39, 0.29) is 18.4 Å². The van der Waals surface area contributed by atoms with Gasteiger partial charge in [0.05, 0.1) is 13.7 Å². The summed E-state index contributed by atoms with van der Waals surface area (Å²) >= 11 is 0. The largest absolute Gasteiger partial charge is 0.496 e. The van der Waals surface area contributed by atoms with Gasteiger partial charge in [0.25, 0.3) is 0 Å². The van der Waals surface area contributed by atoms with Crippen LogP contribution in [0.5, 0.6) is 5.75 Å². The average Bonchev–Trinajstić information content (AvgIpc) is 3.03. The number of hydrogen-bond acceptors (Lipinski definition) is 5. The molecule has 0 fully saturated rings. The number of para-hydroxylation sites is 1. The van der Waals surface area contributed by atoms with Crippen LogP contribution in [0, 0.1) is 0 Å². The van der Waals surface area contributed by atoms with Crippen LogP contribution in [0.3, 0.4) is 0 Å². The number of aliphatic carboxylic acids is 1. The Kier molecular flexibility index (Phi) is 4.61. The zero-order valence-corrected chi connectivity index (χ0v) is 14.0. The van der Waals surface area contributed by atoms with Gasteiger partial charge in [0.15, 0.2) is 11.5 Å². The fourth-order valence-corrected chi connectivity index (χ4v) is 3.34. The number of carboxylic acid groups (broad SMARTS) is 1. The van der Waals surface area contributed by atoms with Crippen molar-refractivity contribution in [2.24, 2.45) is 10.7 Å². The minimum Gasteiger partial charge on any atom is -0.496 e. The van der Waals surface area contributed by atoms with Crippen LogP contribution in [-0.2, 0) is 11.2 Å². The second-order valence-electron chi connectivity index (χ2n) is 6.08. The second kappa shape index (κ2) is 6.84. The summed E-state index contributed by atoms with van der Waals surface area (Å²) < 4.78 is 5.44. The number of nitrogens with one attached hydrogen (secondary N) is 1. The maximum Gasteiger partial charge on any atom is 0.332 e. The van der Waals surface area contributed by atoms with Gasteiger partial charge in [-0.1, -0.05) is 48.5 Å². The highest BCUT2D eigenvalue weighted by molar-refractivity contribution is 5.92. The van der Waals surface area contributed by atoms with E-state index in [0.717, 1.165) is 16.9 Å². The van der Waals surface area contributed by atoms with E-state index in [1.54, 1.807) is 7.11 Å². The Labute approximate surface area is 146 Å². The van der Waals surface area contributed by atoms with Gasteiger partial charge >= 0.3 is 5.97 Å². The Morgan fingerprint density at radius 3 is 2.56 bits per heavy atom. The lowest BCUT2D eigenvalue weighted by molar-refractivity contribution is -0.144. The molecule has 3 rings (SSSR count). The van der Waals surface area contributed by atoms with Crippen molar-refractivity contribution in [1.82, 2.24) is 5.32 Å². The quantitative estimate of drug-likeness (QED) is 0.745. The van der Waals surface area contributed by atoms with E-state index in [9.17, 15) is 9.90 Å². The molecule has 2 aromatic rings. The molecule has 0 spiro atoms. The third-order valence-corrected chi connectivity index (χ3v) is 4.64. The molecule has 1 aliphatic rings. The molecule has 2 aromatic carbocycles. The zero-order valence-electron chi connectivity index (χ0n) is 14.0. The van der Waals surface area contributed by atoms with Crippen LogP contribution in [-0.4, -0.2) is 36.2 Å². The maximum atomic E-state index is 12.2. The van der Waals surface area contributed by atoms with Crippen molar-refractivity contribution in [2.75, 3.05) is 13.7 Å². The number of guanidine groups is 1. The Morgan fingerprint density at radius 2 is 1.96 bits per heavy atom. The first kappa shape index (κ1) is 16.8. The van der Waals surface area contributed by atoms with Gasteiger partial charge in [-0.3, -0.25) is 4.99 Å². The lowest BCUT2D eigenvalue weighted by atomic mass is 9.75. The summed E-state index contributed by atoms with van der Waals surface area (Å²) in [6.07, 6.45) is 0.482. The molecule has 130 valence electrons. The molecule has 0 aliphatic carbocycles. The third kappa shape index (κ3) is 3.15. The number of ether oxygens (including phenoxy) is 1. The van der Waals surface area contributed by atoms with Crippen LogP contribution >= 0.6 is 0 Å². The summed E-state index contributed by atoms with van der Waals surface area (Å²) in [5.74, 6) is -0.452. The predicted octanol–water partition coefficient (Wildman–Crippen LogP) is 1.76. The van der Waals surface area contributed by atoms with Crippen LogP contribution in [0.4, 0.5) is 0 Å². The first-order valence-electron chi connectivity index (χ1n) is 8.05. The fraction of sp³-hybridized carbons (Fsp3) is 0.263. The minimum absolute atomic E-state index is 0.0862. The van der Waals surface area contributed by atoms with Crippen LogP contribution in [0.2, 0.25) is 0 Å². The van der Waals surface area contributed by atoms with Gasteiger partial charge in [-0.2, -0.15) is 0 Å². The number of methoxy groups -OCH3 is 1. The standard InChI is InChI=1S/C19H21N3O3/c1-25-16-10-6-5-9-14(16)11-15(13-7-3-2-4-8-13)19(17(23)24)12-21-18(20)22-19/h2-10,15H,11-12H2,1H3,(H,23,24)(H3,20,21,22). The smallest absolute Gasteiger partial charge is 0.332 e. The lowest BCUT2D eigenvalue weighted by Crippen LogP contribution is -2.58. The summed E-state index contributed by atoms with van der Waals surface area (Å²) in [5, 5.41) is 12.9. The number of nitrogens with zero attached hydrogens (tertiary/aromatic N) is 1. The minimum atomic E-state index is -1.29. The van der Waals surface area contributed by atoms with Crippen molar-refractivity contribution in [3.63, 3.8) is 0 Å². The number of carboxylic acids is 1. The summed E-state index contributed by atoms with van der Waals surface area (Å²) in [6, 6.07) is 17.2. The molecule has 6 nitrogen and oxygen atoms in total. The first-order chi connectivity index (χ1) is 12.1. The van der Waals surface area contributed by atoms with Crippen molar-refractivity contribution >= 4 is 11.9 Å². The summed E-state index contributed by atoms with van der Waals surface area (Å²) in [6.45, 7) is 0.0862. The molecule has 0 aromatic heterocycles. The highest BCUT2D eigenvalue weighted by Crippen LogP contribution is 2.36. The van der Waals surface area contributed by atoms with Gasteiger partial charge in [0, 0.05) is 5.92 Å². The van der Waals surface area contributed by atoms with Crippen molar-refractivity contribution < 1.29 is 14.6 Å². The monoisotopic (exact) mass is 339 g/mol. The second-order valence-corrected chi connectivity index (χ2v) is 6.08. The van der Waals surface area contributed by atoms with E-state index < -0.39 is 11.5 Å². The number of carbonyl (C=O) groups is 1. The Bertz CT molecular complexity index is 792. The highest BCUT2D eigenvalue weighted by Gasteiger charge is 2.50. The normalized spacial score (nSPS) is 20.4. The molecule has 25 heavy (non-hydrogen) atoms. The van der Waals surface area contributed by atoms with Crippen molar-refractivity contribution in [3.8, 4) is 5.75 Å². The van der Waals surface area contributed by atoms with E-state index in [0.29, 0.717) is 6.42 Å². The zero-order chi connectivity index (χ0) is 17.9. The molecule has 1 heterocycles. The fourth-order valence-electron chi connectivity index (χ4n) is 3.34. The van der Waals surface area contributed by atoms with Gasteiger partial charge in [0.2, 0.25) is 0 Å². The van der Waals surface area contributed by atoms with Gasteiger partial charge < -0.3 is 20.9 Å². The van der Waals surface area contributed by atoms with Crippen LogP contribution in [0.15, 0.2) is 59.6 Å². The average molecular weight is 339 g/mol. The van der Waals surface area contributed by atoms with E-state index in [4.69, 9.17) is 10.5 Å². The predicted molar refractivity (Wildman–Crippen MR) is 95.9 cm³/mol. The third-order valence-electron chi connectivity index (χ3n) is 4.64. The number of hydrogen-bond donors (Lipinski definition) is 3. The molecule has 0 saturated heterocycles. The molecular formula is C19H21N3O3. The highest BCUT2D eigenvalue weighted by atomic mass is 16.5. The van der Waals surface area contributed by atoms with Crippen molar-refractivity contribution in [2.45, 2.75) is 17.9 Å². The summed E-state index contributed by atoms with van der Waals surface area (Å²) in [4.78, 5) is 16.3. The van der Waals surface area contributed by atoms with E-state index in [2.05, 4.69) is 10.3 Å². The van der Waals surface area contributed by atoms with Gasteiger partial charge in [-0.15, -0.1) is 0 Å². The van der Waals surface area contributed by atoms with Gasteiger partial charge in [-0.05, 0) is 23.6 Å². The molecule has 1 aliphatic heterocycles. The van der Waals surface area contributed by atoms with E-state index in [1.165, 1.54) is 0 Å². The number of benzene rings is 2. The molecular weight excluding hydrogens is 318 g/mol. The molecule has 0 saturated carbocycles. The number of aliphatic imine (C=N–C) groups is 1. The molecule has 0 radical (unpaired) electrons. The lowest BCUT2D eigenvalue weighted by Gasteiger charge is -2.34. The first-order valence-corrected chi connectivity index (χ1v) is 8.05. The van der Waals surface area contributed by atoms with E-state index in [1.807, 2.05) is 54.6 Å². The number of rotatable bonds is 6. The molecule has 0 amide bonds. The van der Waals surface area contributed by atoms with Gasteiger partial charge in [-0.25, -0.2) is 4.79 Å². The molecule has 0 bridgehead atoms. The SMILES string of the molecule is COc1ccccc1CC(c1ccccc1)C1(C(=O)O)CN=C(N)N1. The van der Waals surface area contributed by atoms with E-state index >= 15 is 0 Å². The molecule has 4 N–H and O–H groups in total. The summed E-state index contributed by atoms with van der Waals surface area (Å²) in [7, 11) is 1.61. The topological polar surface area (TPSA) is 96.9 Å². The van der Waals surface area contributed by atoms with Crippen LogP contribution < -0.4 is 15.8 Å². The molecule has 2 atom stereocenters. The van der Waals surface area contributed by atoms with Crippen LogP contribution in [0.1, 0.15) is 17.0 Å². The maximum absolute atomic E-state index is 12.2. The van der Waals surface area contributed by atoms with Crippen molar-refractivity contribution in [3.05, 3.63) is 65.7 Å². The summed E-state index contributed by atoms with van der Waals surface area (Å²) in [5.41, 5.74) is 6.33. The van der Waals surface area contributed by atoms with Crippen molar-refractivity contribution in [1.29, 1.82) is 0 Å². The Hall–Kier alpha value is -3.02. The molecule has 6 heteroatoms. The Balaban J connectivity index is 2.06. The number of nitrogens with two attached hydrogens (primary N) is 1. The molecule has 2 unspecified atom stereocenters. The van der Waals surface area contributed by atoms with Crippen LogP contribution in [0.25, 0.3) is 0 Å².